The van der Waals surface area contributed by atoms with Crippen LogP contribution in [0.25, 0.3) is 0 Å². The van der Waals surface area contributed by atoms with Gasteiger partial charge in [-0.2, -0.15) is 0 Å². The maximum atomic E-state index is 12.3. The summed E-state index contributed by atoms with van der Waals surface area (Å²) in [5.41, 5.74) is 1.39. The van der Waals surface area contributed by atoms with Gasteiger partial charge in [-0.15, -0.1) is 0 Å². The second-order valence-corrected chi connectivity index (χ2v) is 6.31. The SMILES string of the molecule is CCOc1ccc(C(=O)OCC(=O)Nc2c([N+](=O)[O-])ccc(C)c2C)cc1OCC. The maximum Gasteiger partial charge on any atom is 0.338 e. The first-order valence-corrected chi connectivity index (χ1v) is 9.39. The lowest BCUT2D eigenvalue weighted by molar-refractivity contribution is -0.384. The van der Waals surface area contributed by atoms with E-state index >= 15 is 0 Å². The number of anilines is 1. The highest BCUT2D eigenvalue weighted by Crippen LogP contribution is 2.30. The Bertz CT molecular complexity index is 957. The molecule has 1 N–H and O–H groups in total. The number of nitrogens with one attached hydrogen (secondary N) is 1. The van der Waals surface area contributed by atoms with Crippen LogP contribution in [-0.2, 0) is 9.53 Å². The average Bonchev–Trinajstić information content (AvgIpc) is 2.71. The van der Waals surface area contributed by atoms with Gasteiger partial charge in [0.25, 0.3) is 11.6 Å². The number of carbonyl (C=O) groups excluding carboxylic acids is 2. The molecule has 2 rings (SSSR count). The minimum Gasteiger partial charge on any atom is -0.490 e. The van der Waals surface area contributed by atoms with Crippen LogP contribution in [0.1, 0.15) is 35.3 Å². The van der Waals surface area contributed by atoms with Gasteiger partial charge in [0, 0.05) is 6.07 Å². The fraction of sp³-hybridized carbons (Fsp3) is 0.333. The molecule has 0 aromatic heterocycles. The molecule has 0 fully saturated rings. The fourth-order valence-electron chi connectivity index (χ4n) is 2.68. The number of aryl methyl sites for hydroxylation is 1. The Labute approximate surface area is 174 Å². The van der Waals surface area contributed by atoms with Crippen molar-refractivity contribution in [2.24, 2.45) is 0 Å². The van der Waals surface area contributed by atoms with Crippen LogP contribution >= 0.6 is 0 Å². The predicted octanol–water partition coefficient (Wildman–Crippen LogP) is 3.80. The van der Waals surface area contributed by atoms with Crippen LogP contribution in [-0.4, -0.2) is 36.6 Å². The number of carbonyl (C=O) groups is 2. The van der Waals surface area contributed by atoms with Gasteiger partial charge >= 0.3 is 5.97 Å². The van der Waals surface area contributed by atoms with Crippen molar-refractivity contribution in [3.05, 3.63) is 57.1 Å². The Balaban J connectivity index is 2.08. The van der Waals surface area contributed by atoms with Crippen molar-refractivity contribution in [3.63, 3.8) is 0 Å². The van der Waals surface area contributed by atoms with Gasteiger partial charge in [0.2, 0.25) is 0 Å². The van der Waals surface area contributed by atoms with Crippen molar-refractivity contribution in [1.82, 2.24) is 0 Å². The standard InChI is InChI=1S/C21H24N2O7/c1-5-28-17-10-8-15(11-18(17)29-6-2)21(25)30-12-19(24)22-20-14(4)13(3)7-9-16(20)23(26)27/h7-11H,5-6,12H2,1-4H3,(H,22,24). The van der Waals surface area contributed by atoms with E-state index in [1.54, 1.807) is 32.9 Å². The fourth-order valence-corrected chi connectivity index (χ4v) is 2.68. The lowest BCUT2D eigenvalue weighted by Crippen LogP contribution is -2.22. The van der Waals surface area contributed by atoms with E-state index in [4.69, 9.17) is 14.2 Å². The third kappa shape index (κ3) is 5.47. The summed E-state index contributed by atoms with van der Waals surface area (Å²) in [5.74, 6) is -0.527. The van der Waals surface area contributed by atoms with Crippen molar-refractivity contribution in [2.75, 3.05) is 25.1 Å². The van der Waals surface area contributed by atoms with Gasteiger partial charge in [0.05, 0.1) is 23.7 Å². The van der Waals surface area contributed by atoms with Crippen molar-refractivity contribution in [2.45, 2.75) is 27.7 Å². The number of benzene rings is 2. The van der Waals surface area contributed by atoms with Gasteiger partial charge in [-0.25, -0.2) is 4.79 Å². The lowest BCUT2D eigenvalue weighted by Gasteiger charge is -2.13. The smallest absolute Gasteiger partial charge is 0.338 e. The first-order valence-electron chi connectivity index (χ1n) is 9.39. The molecule has 30 heavy (non-hydrogen) atoms. The Morgan fingerprint density at radius 3 is 2.33 bits per heavy atom. The molecule has 0 saturated heterocycles. The summed E-state index contributed by atoms with van der Waals surface area (Å²) >= 11 is 0. The molecule has 0 radical (unpaired) electrons. The van der Waals surface area contributed by atoms with Crippen LogP contribution in [0.2, 0.25) is 0 Å². The molecule has 160 valence electrons. The Morgan fingerprint density at radius 2 is 1.70 bits per heavy atom. The molecule has 2 aromatic carbocycles. The normalized spacial score (nSPS) is 10.3. The topological polar surface area (TPSA) is 117 Å². The second-order valence-electron chi connectivity index (χ2n) is 6.31. The predicted molar refractivity (Wildman–Crippen MR) is 110 cm³/mol. The maximum absolute atomic E-state index is 12.3. The summed E-state index contributed by atoms with van der Waals surface area (Å²) < 4.78 is 16.0. The molecule has 0 unspecified atom stereocenters. The van der Waals surface area contributed by atoms with Crippen LogP contribution in [0.15, 0.2) is 30.3 Å². The van der Waals surface area contributed by atoms with E-state index in [-0.39, 0.29) is 16.9 Å². The van der Waals surface area contributed by atoms with E-state index in [0.717, 1.165) is 5.56 Å². The largest absolute Gasteiger partial charge is 0.490 e. The highest BCUT2D eigenvalue weighted by Gasteiger charge is 2.20. The van der Waals surface area contributed by atoms with Gasteiger partial charge in [0.1, 0.15) is 5.69 Å². The molecule has 0 spiro atoms. The molecule has 0 aliphatic heterocycles. The molecule has 0 heterocycles. The summed E-state index contributed by atoms with van der Waals surface area (Å²) in [5, 5.41) is 13.7. The van der Waals surface area contributed by atoms with Gasteiger partial charge in [-0.05, 0) is 57.0 Å². The van der Waals surface area contributed by atoms with Crippen molar-refractivity contribution >= 4 is 23.3 Å². The molecule has 0 saturated carbocycles. The molecule has 0 bridgehead atoms. The number of nitrogens with zero attached hydrogens (tertiary/aromatic N) is 1. The van der Waals surface area contributed by atoms with E-state index < -0.39 is 23.4 Å². The van der Waals surface area contributed by atoms with E-state index in [1.807, 2.05) is 6.92 Å². The lowest BCUT2D eigenvalue weighted by atomic mass is 10.1. The molecular weight excluding hydrogens is 392 g/mol. The summed E-state index contributed by atoms with van der Waals surface area (Å²) in [7, 11) is 0. The highest BCUT2D eigenvalue weighted by molar-refractivity contribution is 5.97. The highest BCUT2D eigenvalue weighted by atomic mass is 16.6. The molecule has 0 aliphatic carbocycles. The van der Waals surface area contributed by atoms with Gasteiger partial charge in [-0.3, -0.25) is 14.9 Å². The second kappa shape index (κ2) is 10.2. The van der Waals surface area contributed by atoms with Crippen molar-refractivity contribution < 1.29 is 28.7 Å². The molecule has 1 amide bonds. The summed E-state index contributed by atoms with van der Waals surface area (Å²) in [6.07, 6.45) is 0. The van der Waals surface area contributed by atoms with E-state index in [2.05, 4.69) is 5.32 Å². The molecule has 0 atom stereocenters. The third-order valence-electron chi connectivity index (χ3n) is 4.29. The zero-order valence-corrected chi connectivity index (χ0v) is 17.3. The Morgan fingerprint density at radius 1 is 1.03 bits per heavy atom. The quantitative estimate of drug-likeness (QED) is 0.375. The number of hydrogen-bond donors (Lipinski definition) is 1. The zero-order chi connectivity index (χ0) is 22.3. The van der Waals surface area contributed by atoms with E-state index in [1.165, 1.54) is 18.2 Å². The summed E-state index contributed by atoms with van der Waals surface area (Å²) in [6, 6.07) is 7.49. The Kier molecular flexibility index (Phi) is 7.74. The average molecular weight is 416 g/mol. The van der Waals surface area contributed by atoms with Crippen LogP contribution in [0, 0.1) is 24.0 Å². The van der Waals surface area contributed by atoms with Gasteiger partial charge in [-0.1, -0.05) is 6.07 Å². The number of amides is 1. The minimum absolute atomic E-state index is 0.0840. The number of esters is 1. The number of nitro benzene ring substituents is 1. The number of nitro groups is 1. The van der Waals surface area contributed by atoms with Crippen molar-refractivity contribution in [3.8, 4) is 11.5 Å². The Hall–Kier alpha value is -3.62. The van der Waals surface area contributed by atoms with Gasteiger partial charge < -0.3 is 19.5 Å². The summed E-state index contributed by atoms with van der Waals surface area (Å²) in [6.45, 7) is 7.30. The van der Waals surface area contributed by atoms with Crippen LogP contribution in [0.4, 0.5) is 11.4 Å². The first-order chi connectivity index (χ1) is 14.3. The molecule has 9 nitrogen and oxygen atoms in total. The molecular formula is C21H24N2O7. The minimum atomic E-state index is -0.732. The van der Waals surface area contributed by atoms with Crippen LogP contribution in [0.3, 0.4) is 0 Å². The summed E-state index contributed by atoms with van der Waals surface area (Å²) in [4.78, 5) is 35.2. The van der Waals surface area contributed by atoms with Crippen LogP contribution < -0.4 is 14.8 Å². The molecule has 9 heteroatoms. The van der Waals surface area contributed by atoms with Crippen molar-refractivity contribution in [1.29, 1.82) is 0 Å². The molecule has 0 aliphatic rings. The van der Waals surface area contributed by atoms with E-state index in [9.17, 15) is 19.7 Å². The third-order valence-corrected chi connectivity index (χ3v) is 4.29. The molecule has 2 aromatic rings. The number of hydrogen-bond acceptors (Lipinski definition) is 7. The number of rotatable bonds is 9. The van der Waals surface area contributed by atoms with E-state index in [0.29, 0.717) is 30.3 Å². The zero-order valence-electron chi connectivity index (χ0n) is 17.3. The van der Waals surface area contributed by atoms with Gasteiger partial charge in [0.15, 0.2) is 18.1 Å². The first kappa shape index (κ1) is 22.7. The monoisotopic (exact) mass is 416 g/mol. The van der Waals surface area contributed by atoms with Crippen LogP contribution in [0.5, 0.6) is 11.5 Å². The number of ether oxygens (including phenoxy) is 3.